The van der Waals surface area contributed by atoms with Gasteiger partial charge in [0.2, 0.25) is 0 Å². The van der Waals surface area contributed by atoms with E-state index in [9.17, 15) is 0 Å². The number of hydrogen-bond acceptors (Lipinski definition) is 1. The molecule has 0 radical (unpaired) electrons. The number of hydrogen-bond donors (Lipinski definition) is 1. The van der Waals surface area contributed by atoms with E-state index in [1.54, 1.807) is 0 Å². The third-order valence-electron chi connectivity index (χ3n) is 2.02. The first-order chi connectivity index (χ1) is 7.79. The summed E-state index contributed by atoms with van der Waals surface area (Å²) in [6.45, 7) is 4.45. The van der Waals surface area contributed by atoms with E-state index >= 15 is 0 Å². The van der Waals surface area contributed by atoms with Gasteiger partial charge in [-0.15, -0.1) is 0 Å². The molecule has 0 aromatic heterocycles. The van der Waals surface area contributed by atoms with Gasteiger partial charge in [-0.3, -0.25) is 0 Å². The molecule has 1 aromatic carbocycles. The molecule has 0 saturated heterocycles. The van der Waals surface area contributed by atoms with Crippen LogP contribution >= 0.6 is 10.9 Å². The predicted octanol–water partition coefficient (Wildman–Crippen LogP) is 3.36. The van der Waals surface area contributed by atoms with Crippen molar-refractivity contribution in [2.75, 3.05) is 7.05 Å². The third kappa shape index (κ3) is 8.45. The molecule has 0 bridgehead atoms. The molecule has 0 aliphatic rings. The highest BCUT2D eigenvalue weighted by Crippen LogP contribution is 2.10. The zero-order chi connectivity index (χ0) is 12.8. The highest BCUT2D eigenvalue weighted by molar-refractivity contribution is 7.93. The fourth-order valence-corrected chi connectivity index (χ4v) is 1.42. The normalized spacial score (nSPS) is 8.00. The Morgan fingerprint density at radius 1 is 1.06 bits per heavy atom. The average Bonchev–Trinajstić information content (AvgIpc) is 2.34. The van der Waals surface area contributed by atoms with Gasteiger partial charge in [-0.25, -0.2) is 0 Å². The van der Waals surface area contributed by atoms with Crippen LogP contribution in [0.4, 0.5) is 0 Å². The molecule has 0 heterocycles. The van der Waals surface area contributed by atoms with Crippen LogP contribution in [-0.4, -0.2) is 18.8 Å². The highest BCUT2D eigenvalue weighted by atomic mass is 32.1. The molecule has 0 fully saturated rings. The van der Waals surface area contributed by atoms with E-state index in [0.717, 1.165) is 6.42 Å². The SMILES string of the molecule is C=S=C.CCCc1ccccc1CC.CN. The monoisotopic (exact) mass is 239 g/mol. The second-order valence-electron chi connectivity index (χ2n) is 3.08. The minimum Gasteiger partial charge on any atom is -0.333 e. The minimum absolute atomic E-state index is 1.16. The minimum atomic E-state index is 1.16. The van der Waals surface area contributed by atoms with E-state index in [-0.39, 0.29) is 0 Å². The Hall–Kier alpha value is -0.860. The second kappa shape index (κ2) is 14.1. The summed E-state index contributed by atoms with van der Waals surface area (Å²) in [7, 11) is 2.75. The van der Waals surface area contributed by atoms with E-state index in [0.29, 0.717) is 0 Å². The molecule has 0 aliphatic carbocycles. The maximum atomic E-state index is 4.50. The van der Waals surface area contributed by atoms with E-state index in [1.807, 2.05) is 0 Å². The Kier molecular flexibility index (Phi) is 15.5. The third-order valence-corrected chi connectivity index (χ3v) is 2.02. The van der Waals surface area contributed by atoms with Crippen LogP contribution in [0.25, 0.3) is 0 Å². The zero-order valence-electron chi connectivity index (χ0n) is 10.8. The predicted molar refractivity (Wildman–Crippen MR) is 81.8 cm³/mol. The quantitative estimate of drug-likeness (QED) is 0.804. The fraction of sp³-hybridized carbons (Fsp3) is 0.429. The van der Waals surface area contributed by atoms with Gasteiger partial charge in [-0.1, -0.05) is 44.5 Å². The lowest BCUT2D eigenvalue weighted by molar-refractivity contribution is 0.899. The van der Waals surface area contributed by atoms with Crippen LogP contribution < -0.4 is 5.73 Å². The van der Waals surface area contributed by atoms with E-state index in [2.05, 4.69) is 55.6 Å². The van der Waals surface area contributed by atoms with Gasteiger partial charge in [0.1, 0.15) is 0 Å². The average molecular weight is 239 g/mol. The zero-order valence-corrected chi connectivity index (χ0v) is 11.6. The molecule has 1 aromatic rings. The lowest BCUT2D eigenvalue weighted by atomic mass is 10.0. The Bertz CT molecular complexity index is 289. The first kappa shape index (κ1) is 17.5. The molecule has 2 heteroatoms. The van der Waals surface area contributed by atoms with Crippen LogP contribution in [0, 0.1) is 0 Å². The van der Waals surface area contributed by atoms with Crippen molar-refractivity contribution in [1.29, 1.82) is 0 Å². The van der Waals surface area contributed by atoms with Gasteiger partial charge >= 0.3 is 0 Å². The molecule has 0 spiro atoms. The standard InChI is InChI=1S/C11H16.C2H4S.CH5N/c1-3-7-11-9-6-5-8-10(11)4-2;1-3-2;1-2/h5-6,8-9H,3-4,7H2,1-2H3;1-2H2;2H2,1H3. The Morgan fingerprint density at radius 3 is 1.88 bits per heavy atom. The summed E-state index contributed by atoms with van der Waals surface area (Å²) < 4.78 is 0. The van der Waals surface area contributed by atoms with Crippen LogP contribution in [0.1, 0.15) is 31.4 Å². The summed E-state index contributed by atoms with van der Waals surface area (Å²) in [6.07, 6.45) is 3.64. The van der Waals surface area contributed by atoms with Crippen LogP contribution in [0.2, 0.25) is 0 Å². The molecule has 0 unspecified atom stereocenters. The van der Waals surface area contributed by atoms with Crippen LogP contribution in [0.3, 0.4) is 0 Å². The summed E-state index contributed by atoms with van der Waals surface area (Å²) in [4.78, 5) is 0. The van der Waals surface area contributed by atoms with E-state index in [4.69, 9.17) is 0 Å². The number of rotatable bonds is 3. The van der Waals surface area contributed by atoms with E-state index < -0.39 is 0 Å². The van der Waals surface area contributed by atoms with Crippen molar-refractivity contribution in [1.82, 2.24) is 0 Å². The molecule has 92 valence electrons. The number of benzene rings is 1. The largest absolute Gasteiger partial charge is 0.333 e. The lowest BCUT2D eigenvalue weighted by Crippen LogP contribution is -1.90. The summed E-state index contributed by atoms with van der Waals surface area (Å²) in [5.74, 6) is 6.58. The molecule has 16 heavy (non-hydrogen) atoms. The Morgan fingerprint density at radius 2 is 1.50 bits per heavy atom. The first-order valence-corrected chi connectivity index (χ1v) is 6.76. The van der Waals surface area contributed by atoms with Crippen molar-refractivity contribution in [3.8, 4) is 0 Å². The van der Waals surface area contributed by atoms with Crippen molar-refractivity contribution in [3.05, 3.63) is 35.4 Å². The Balaban J connectivity index is 0. The summed E-state index contributed by atoms with van der Waals surface area (Å²) in [6, 6.07) is 8.72. The number of aryl methyl sites for hydroxylation is 2. The summed E-state index contributed by atoms with van der Waals surface area (Å²) in [5, 5.41) is 0. The molecular weight excluding hydrogens is 214 g/mol. The fourth-order valence-electron chi connectivity index (χ4n) is 1.42. The van der Waals surface area contributed by atoms with Crippen molar-refractivity contribution in [2.45, 2.75) is 33.1 Å². The molecule has 1 nitrogen and oxygen atoms in total. The lowest BCUT2D eigenvalue weighted by Gasteiger charge is -2.04. The van der Waals surface area contributed by atoms with Gasteiger partial charge < -0.3 is 5.73 Å². The van der Waals surface area contributed by atoms with Gasteiger partial charge in [-0.2, -0.15) is 10.9 Å². The van der Waals surface area contributed by atoms with Crippen molar-refractivity contribution < 1.29 is 0 Å². The summed E-state index contributed by atoms with van der Waals surface area (Å²) in [5.41, 5.74) is 7.53. The van der Waals surface area contributed by atoms with Crippen molar-refractivity contribution in [2.24, 2.45) is 5.73 Å². The first-order valence-electron chi connectivity index (χ1n) is 5.60. The topological polar surface area (TPSA) is 26.0 Å². The molecular formula is C14H25NS. The van der Waals surface area contributed by atoms with Crippen LogP contribution in [0.15, 0.2) is 24.3 Å². The molecule has 1 rings (SSSR count). The molecule has 2 N–H and O–H groups in total. The second-order valence-corrected chi connectivity index (χ2v) is 3.48. The highest BCUT2D eigenvalue weighted by Gasteiger charge is 1.96. The van der Waals surface area contributed by atoms with Gasteiger partial charge in [0.15, 0.2) is 0 Å². The summed E-state index contributed by atoms with van der Waals surface area (Å²) >= 11 is 0. The number of nitrogens with two attached hydrogens (primary N) is 1. The van der Waals surface area contributed by atoms with Gasteiger partial charge in [0.05, 0.1) is 0 Å². The Labute approximate surface area is 104 Å². The van der Waals surface area contributed by atoms with Crippen molar-refractivity contribution >= 4 is 22.7 Å². The molecule has 0 saturated carbocycles. The van der Waals surface area contributed by atoms with Crippen molar-refractivity contribution in [3.63, 3.8) is 0 Å². The van der Waals surface area contributed by atoms with Gasteiger partial charge in [0.25, 0.3) is 0 Å². The molecule has 0 aliphatic heterocycles. The van der Waals surface area contributed by atoms with Crippen LogP contribution in [-0.2, 0) is 12.8 Å². The smallest absolute Gasteiger partial charge is 0.0195 e. The van der Waals surface area contributed by atoms with Crippen LogP contribution in [0.5, 0.6) is 0 Å². The van der Waals surface area contributed by atoms with Gasteiger partial charge in [-0.05, 0) is 42.8 Å². The van der Waals surface area contributed by atoms with Gasteiger partial charge in [0, 0.05) is 0 Å². The van der Waals surface area contributed by atoms with E-state index in [1.165, 1.54) is 42.0 Å². The maximum absolute atomic E-state index is 4.50. The molecule has 0 amide bonds. The molecule has 0 atom stereocenters. The maximum Gasteiger partial charge on any atom is -0.0195 e.